The van der Waals surface area contributed by atoms with E-state index in [-0.39, 0.29) is 12.4 Å². The second kappa shape index (κ2) is 7.61. The van der Waals surface area contributed by atoms with Gasteiger partial charge in [0.1, 0.15) is 5.82 Å². The smallest absolute Gasteiger partial charge is 0.228 e. The molecule has 6 heteroatoms. The van der Waals surface area contributed by atoms with E-state index in [1.165, 1.54) is 0 Å². The van der Waals surface area contributed by atoms with Crippen LogP contribution in [-0.2, 0) is 4.74 Å². The van der Waals surface area contributed by atoms with E-state index in [1.54, 1.807) is 0 Å². The fraction of sp³-hybridized carbons (Fsp3) is 0.500. The van der Waals surface area contributed by atoms with Crippen molar-refractivity contribution in [2.75, 3.05) is 49.2 Å². The lowest BCUT2D eigenvalue weighted by Crippen LogP contribution is -2.37. The quantitative estimate of drug-likeness (QED) is 0.865. The summed E-state index contributed by atoms with van der Waals surface area (Å²) in [5.41, 5.74) is 1.01. The first-order valence-electron chi connectivity index (χ1n) is 7.68. The molecule has 1 aliphatic rings. The standard InChI is InChI=1S/C16H22N4O.ClH/c1-3-19(4-2)15-13-7-5-6-8-14(13)17-16(18-15)20-9-11-21-12-10-20;/h5-8H,3-4,9-12H2,1-2H3;1H. The van der Waals surface area contributed by atoms with Crippen LogP contribution in [0.3, 0.4) is 0 Å². The van der Waals surface area contributed by atoms with Crippen molar-refractivity contribution in [2.24, 2.45) is 0 Å². The second-order valence-electron chi connectivity index (χ2n) is 5.14. The summed E-state index contributed by atoms with van der Waals surface area (Å²) < 4.78 is 5.42. The maximum atomic E-state index is 5.42. The first-order valence-corrected chi connectivity index (χ1v) is 7.68. The number of aromatic nitrogens is 2. The van der Waals surface area contributed by atoms with Crippen LogP contribution in [0, 0.1) is 0 Å². The largest absolute Gasteiger partial charge is 0.378 e. The maximum absolute atomic E-state index is 5.42. The zero-order valence-corrected chi connectivity index (χ0v) is 14.0. The van der Waals surface area contributed by atoms with Crippen LogP contribution in [0.1, 0.15) is 13.8 Å². The topological polar surface area (TPSA) is 41.5 Å². The molecule has 1 aromatic heterocycles. The van der Waals surface area contributed by atoms with Gasteiger partial charge in [0.2, 0.25) is 5.95 Å². The van der Waals surface area contributed by atoms with Crippen LogP contribution in [0.5, 0.6) is 0 Å². The van der Waals surface area contributed by atoms with E-state index in [0.29, 0.717) is 0 Å². The summed E-state index contributed by atoms with van der Waals surface area (Å²) in [7, 11) is 0. The van der Waals surface area contributed by atoms with Gasteiger partial charge >= 0.3 is 0 Å². The summed E-state index contributed by atoms with van der Waals surface area (Å²) >= 11 is 0. The fourth-order valence-corrected chi connectivity index (χ4v) is 2.72. The van der Waals surface area contributed by atoms with Crippen LogP contribution < -0.4 is 9.80 Å². The van der Waals surface area contributed by atoms with Crippen molar-refractivity contribution >= 4 is 35.1 Å². The van der Waals surface area contributed by atoms with E-state index in [1.807, 2.05) is 12.1 Å². The molecule has 0 unspecified atom stereocenters. The molecule has 0 aliphatic carbocycles. The van der Waals surface area contributed by atoms with Gasteiger partial charge in [0.15, 0.2) is 0 Å². The summed E-state index contributed by atoms with van der Waals surface area (Å²) in [5, 5.41) is 1.12. The van der Waals surface area contributed by atoms with Crippen LogP contribution >= 0.6 is 12.4 Å². The molecule has 0 saturated carbocycles. The molecule has 22 heavy (non-hydrogen) atoms. The first kappa shape index (κ1) is 16.8. The van der Waals surface area contributed by atoms with Crippen LogP contribution in [0.4, 0.5) is 11.8 Å². The van der Waals surface area contributed by atoms with Gasteiger partial charge in [-0.3, -0.25) is 0 Å². The van der Waals surface area contributed by atoms with Crippen molar-refractivity contribution in [3.63, 3.8) is 0 Å². The molecule has 1 aliphatic heterocycles. The van der Waals surface area contributed by atoms with Gasteiger partial charge in [-0.05, 0) is 26.0 Å². The third kappa shape index (κ3) is 3.25. The monoisotopic (exact) mass is 322 g/mol. The van der Waals surface area contributed by atoms with Crippen LogP contribution in [0.25, 0.3) is 10.9 Å². The number of anilines is 2. The highest BCUT2D eigenvalue weighted by Crippen LogP contribution is 2.26. The molecule has 0 N–H and O–H groups in total. The highest BCUT2D eigenvalue weighted by molar-refractivity contribution is 5.90. The van der Waals surface area contributed by atoms with Gasteiger partial charge in [0.05, 0.1) is 18.7 Å². The third-order valence-electron chi connectivity index (χ3n) is 3.93. The minimum atomic E-state index is 0. The molecule has 3 rings (SSSR count). The molecule has 1 aromatic carbocycles. The summed E-state index contributed by atoms with van der Waals surface area (Å²) in [6, 6.07) is 8.25. The highest BCUT2D eigenvalue weighted by atomic mass is 35.5. The molecule has 2 heterocycles. The fourth-order valence-electron chi connectivity index (χ4n) is 2.72. The predicted octanol–water partition coefficient (Wildman–Crippen LogP) is 2.73. The Morgan fingerprint density at radius 3 is 2.45 bits per heavy atom. The number of fused-ring (bicyclic) bond motifs is 1. The van der Waals surface area contributed by atoms with Gasteiger partial charge in [-0.25, -0.2) is 4.98 Å². The number of hydrogen-bond donors (Lipinski definition) is 0. The van der Waals surface area contributed by atoms with Gasteiger partial charge in [0, 0.05) is 31.6 Å². The Balaban J connectivity index is 0.00000176. The number of rotatable bonds is 4. The van der Waals surface area contributed by atoms with E-state index in [2.05, 4.69) is 35.8 Å². The van der Waals surface area contributed by atoms with E-state index in [0.717, 1.165) is 62.1 Å². The van der Waals surface area contributed by atoms with E-state index >= 15 is 0 Å². The highest BCUT2D eigenvalue weighted by Gasteiger charge is 2.18. The van der Waals surface area contributed by atoms with Crippen molar-refractivity contribution in [1.29, 1.82) is 0 Å². The Kier molecular flexibility index (Phi) is 5.80. The molecular weight excluding hydrogens is 300 g/mol. The van der Waals surface area contributed by atoms with E-state index in [4.69, 9.17) is 14.7 Å². The molecule has 1 fully saturated rings. The molecule has 0 spiro atoms. The molecule has 1 saturated heterocycles. The summed E-state index contributed by atoms with van der Waals surface area (Å²) in [6.07, 6.45) is 0. The lowest BCUT2D eigenvalue weighted by atomic mass is 10.2. The summed E-state index contributed by atoms with van der Waals surface area (Å²) in [5.74, 6) is 1.85. The lowest BCUT2D eigenvalue weighted by Gasteiger charge is -2.29. The Bertz CT molecular complexity index is 612. The van der Waals surface area contributed by atoms with Crippen molar-refractivity contribution in [1.82, 2.24) is 9.97 Å². The number of benzene rings is 1. The minimum absolute atomic E-state index is 0. The average molecular weight is 323 g/mol. The number of morpholine rings is 1. The van der Waals surface area contributed by atoms with Gasteiger partial charge in [-0.1, -0.05) is 12.1 Å². The van der Waals surface area contributed by atoms with Crippen LogP contribution in [0.15, 0.2) is 24.3 Å². The molecule has 2 aromatic rings. The number of nitrogens with zero attached hydrogens (tertiary/aromatic N) is 4. The van der Waals surface area contributed by atoms with Crippen molar-refractivity contribution < 1.29 is 4.74 Å². The van der Waals surface area contributed by atoms with E-state index in [9.17, 15) is 0 Å². The summed E-state index contributed by atoms with van der Waals surface area (Å²) in [6.45, 7) is 9.42. The molecule has 120 valence electrons. The molecule has 5 nitrogen and oxygen atoms in total. The van der Waals surface area contributed by atoms with Gasteiger partial charge in [-0.2, -0.15) is 4.98 Å². The third-order valence-corrected chi connectivity index (χ3v) is 3.93. The van der Waals surface area contributed by atoms with Crippen molar-refractivity contribution in [3.05, 3.63) is 24.3 Å². The maximum Gasteiger partial charge on any atom is 0.228 e. The van der Waals surface area contributed by atoms with E-state index < -0.39 is 0 Å². The molecule has 0 bridgehead atoms. The predicted molar refractivity (Wildman–Crippen MR) is 93.4 cm³/mol. The van der Waals surface area contributed by atoms with Crippen molar-refractivity contribution in [2.45, 2.75) is 13.8 Å². The van der Waals surface area contributed by atoms with Crippen LogP contribution in [-0.4, -0.2) is 49.4 Å². The summed E-state index contributed by atoms with van der Waals surface area (Å²) in [4.78, 5) is 14.1. The first-order chi connectivity index (χ1) is 10.3. The van der Waals surface area contributed by atoms with Gasteiger partial charge < -0.3 is 14.5 Å². The molecule has 0 atom stereocenters. The SMILES string of the molecule is CCN(CC)c1nc(N2CCOCC2)nc2ccccc12.Cl. The Hall–Kier alpha value is -1.59. The van der Waals surface area contributed by atoms with Crippen molar-refractivity contribution in [3.8, 4) is 0 Å². The lowest BCUT2D eigenvalue weighted by molar-refractivity contribution is 0.122. The number of para-hydroxylation sites is 1. The van der Waals surface area contributed by atoms with Gasteiger partial charge in [-0.15, -0.1) is 12.4 Å². The normalized spacial score (nSPS) is 14.7. The van der Waals surface area contributed by atoms with Crippen LogP contribution in [0.2, 0.25) is 0 Å². The second-order valence-corrected chi connectivity index (χ2v) is 5.14. The molecule has 0 radical (unpaired) electrons. The molecular formula is C16H23ClN4O. The minimum Gasteiger partial charge on any atom is -0.378 e. The van der Waals surface area contributed by atoms with Gasteiger partial charge in [0.25, 0.3) is 0 Å². The zero-order chi connectivity index (χ0) is 14.7. The number of ether oxygens (including phenoxy) is 1. The Labute approximate surface area is 137 Å². The Morgan fingerprint density at radius 1 is 1.09 bits per heavy atom. The zero-order valence-electron chi connectivity index (χ0n) is 13.2. The Morgan fingerprint density at radius 2 is 1.77 bits per heavy atom. The number of hydrogen-bond acceptors (Lipinski definition) is 5. The number of halogens is 1. The molecule has 0 amide bonds. The average Bonchev–Trinajstić information content (AvgIpc) is 2.56.